The summed E-state index contributed by atoms with van der Waals surface area (Å²) >= 11 is 0. The number of terminal acetylenes is 1. The highest BCUT2D eigenvalue weighted by atomic mass is 16.5. The van der Waals surface area contributed by atoms with E-state index in [2.05, 4.69) is 16.6 Å². The number of rotatable bonds is 10. The minimum atomic E-state index is -1.25. The van der Waals surface area contributed by atoms with Crippen molar-refractivity contribution in [3.63, 3.8) is 0 Å². The summed E-state index contributed by atoms with van der Waals surface area (Å²) in [6.45, 7) is 2.99. The summed E-state index contributed by atoms with van der Waals surface area (Å²) in [4.78, 5) is 27.9. The summed E-state index contributed by atoms with van der Waals surface area (Å²) in [5.74, 6) is 2.77. The van der Waals surface area contributed by atoms with Crippen LogP contribution in [0, 0.1) is 12.3 Å². The number of hydrogen-bond acceptors (Lipinski definition) is 6. The van der Waals surface area contributed by atoms with E-state index in [4.69, 9.17) is 16.3 Å². The molecule has 0 fully saturated rings. The average molecular weight is 467 g/mol. The predicted molar refractivity (Wildman–Crippen MR) is 129 cm³/mol. The van der Waals surface area contributed by atoms with Crippen molar-refractivity contribution in [2.75, 3.05) is 31.6 Å². The third kappa shape index (κ3) is 5.98. The number of aliphatic hydroxyl groups excluding tert-OH is 1. The van der Waals surface area contributed by atoms with E-state index in [1.54, 1.807) is 18.2 Å². The SMILES string of the molecule is C#CCN1c2ccc(C(=O)NC[C@H](O)[C@H](Cc3ccccc3)NC(=O)O)cc2OC1N(C)CC. The largest absolute Gasteiger partial charge is 0.465 e. The molecular formula is C25H30N4O5. The Morgan fingerprint density at radius 2 is 2.00 bits per heavy atom. The van der Waals surface area contributed by atoms with E-state index in [1.165, 1.54) is 0 Å². The molecule has 0 aliphatic carbocycles. The second kappa shape index (κ2) is 11.4. The molecule has 1 unspecified atom stereocenters. The van der Waals surface area contributed by atoms with Crippen molar-refractivity contribution >= 4 is 17.7 Å². The van der Waals surface area contributed by atoms with Gasteiger partial charge in [0, 0.05) is 18.7 Å². The Kier molecular flexibility index (Phi) is 8.35. The van der Waals surface area contributed by atoms with Crippen LogP contribution in [0.1, 0.15) is 22.8 Å². The van der Waals surface area contributed by atoms with Gasteiger partial charge in [-0.1, -0.05) is 43.2 Å². The van der Waals surface area contributed by atoms with Crippen LogP contribution in [0.25, 0.3) is 0 Å². The number of carboxylic acid groups (broad SMARTS) is 1. The number of fused-ring (bicyclic) bond motifs is 1. The van der Waals surface area contributed by atoms with Gasteiger partial charge in [0.25, 0.3) is 5.91 Å². The summed E-state index contributed by atoms with van der Waals surface area (Å²) in [6, 6.07) is 13.5. The Bertz CT molecular complexity index is 1040. The third-order valence-corrected chi connectivity index (χ3v) is 5.71. The van der Waals surface area contributed by atoms with Gasteiger partial charge in [-0.25, -0.2) is 4.79 Å². The number of hydrogen-bond donors (Lipinski definition) is 4. The molecule has 0 radical (unpaired) electrons. The molecule has 9 nitrogen and oxygen atoms in total. The van der Waals surface area contributed by atoms with Gasteiger partial charge in [-0.2, -0.15) is 0 Å². The van der Waals surface area contributed by atoms with Crippen LogP contribution >= 0.6 is 0 Å². The molecule has 1 aliphatic rings. The molecule has 1 heterocycles. The fourth-order valence-corrected chi connectivity index (χ4v) is 3.78. The first-order chi connectivity index (χ1) is 16.3. The molecule has 180 valence electrons. The summed E-state index contributed by atoms with van der Waals surface area (Å²) in [5, 5.41) is 24.8. The highest BCUT2D eigenvalue weighted by molar-refractivity contribution is 5.95. The number of nitrogens with zero attached hydrogens (tertiary/aromatic N) is 2. The molecule has 2 aromatic rings. The number of amides is 2. The molecule has 3 atom stereocenters. The Morgan fingerprint density at radius 1 is 1.26 bits per heavy atom. The number of ether oxygens (including phenoxy) is 1. The van der Waals surface area contributed by atoms with Crippen LogP contribution in [0.3, 0.4) is 0 Å². The maximum atomic E-state index is 12.8. The topological polar surface area (TPSA) is 114 Å². The number of aliphatic hydroxyl groups is 1. The van der Waals surface area contributed by atoms with Crippen molar-refractivity contribution in [3.8, 4) is 18.1 Å². The molecule has 4 N–H and O–H groups in total. The molecule has 34 heavy (non-hydrogen) atoms. The van der Waals surface area contributed by atoms with Crippen molar-refractivity contribution < 1.29 is 24.5 Å². The molecule has 3 rings (SSSR count). The van der Waals surface area contributed by atoms with Gasteiger partial charge in [0.15, 0.2) is 0 Å². The molecular weight excluding hydrogens is 436 g/mol. The van der Waals surface area contributed by atoms with E-state index in [0.29, 0.717) is 17.9 Å². The Morgan fingerprint density at radius 3 is 2.65 bits per heavy atom. The van der Waals surface area contributed by atoms with Gasteiger partial charge in [-0.3, -0.25) is 9.69 Å². The van der Waals surface area contributed by atoms with Gasteiger partial charge in [-0.05, 0) is 37.2 Å². The van der Waals surface area contributed by atoms with Gasteiger partial charge < -0.3 is 30.5 Å². The maximum Gasteiger partial charge on any atom is 0.404 e. The van der Waals surface area contributed by atoms with E-state index in [1.807, 2.05) is 54.1 Å². The fourth-order valence-electron chi connectivity index (χ4n) is 3.78. The molecule has 2 amide bonds. The minimum Gasteiger partial charge on any atom is -0.465 e. The zero-order valence-corrected chi connectivity index (χ0v) is 19.3. The van der Waals surface area contributed by atoms with Crippen molar-refractivity contribution in [1.29, 1.82) is 0 Å². The summed E-state index contributed by atoms with van der Waals surface area (Å²) in [5.41, 5.74) is 2.02. The van der Waals surface area contributed by atoms with Crippen molar-refractivity contribution in [2.45, 2.75) is 31.8 Å². The number of benzene rings is 2. The standard InChI is InChI=1S/C25H30N4O5/c1-4-13-29-20-12-11-18(15-22(20)34-25(29)28(3)5-2)23(31)26-16-21(30)19(27-24(32)33)14-17-9-7-6-8-10-17/h1,6-12,15,19,21,25,27,30H,5,13-14,16H2,2-3H3,(H,26,31)(H,32,33)/t19-,21-,25?/m0/s1. The van der Waals surface area contributed by atoms with E-state index >= 15 is 0 Å². The van der Waals surface area contributed by atoms with Crippen LogP contribution < -0.4 is 20.3 Å². The van der Waals surface area contributed by atoms with Gasteiger partial charge in [0.2, 0.25) is 6.35 Å². The van der Waals surface area contributed by atoms with Crippen LogP contribution in [0.4, 0.5) is 10.5 Å². The van der Waals surface area contributed by atoms with E-state index in [-0.39, 0.29) is 19.3 Å². The molecule has 1 aliphatic heterocycles. The third-order valence-electron chi connectivity index (χ3n) is 5.71. The number of carbonyl (C=O) groups excluding carboxylic acids is 1. The lowest BCUT2D eigenvalue weighted by Gasteiger charge is -2.30. The van der Waals surface area contributed by atoms with Gasteiger partial charge in [0.1, 0.15) is 5.75 Å². The van der Waals surface area contributed by atoms with E-state index in [0.717, 1.165) is 17.8 Å². The molecule has 0 saturated carbocycles. The van der Waals surface area contributed by atoms with E-state index < -0.39 is 24.1 Å². The second-order valence-corrected chi connectivity index (χ2v) is 8.05. The first kappa shape index (κ1) is 24.9. The van der Waals surface area contributed by atoms with Crippen LogP contribution in [0.2, 0.25) is 0 Å². The highest BCUT2D eigenvalue weighted by Gasteiger charge is 2.33. The van der Waals surface area contributed by atoms with Crippen molar-refractivity contribution in [1.82, 2.24) is 15.5 Å². The number of anilines is 1. The monoisotopic (exact) mass is 466 g/mol. The fraction of sp³-hybridized carbons (Fsp3) is 0.360. The maximum absolute atomic E-state index is 12.8. The lowest BCUT2D eigenvalue weighted by atomic mass is 10.0. The van der Waals surface area contributed by atoms with Gasteiger partial charge >= 0.3 is 6.09 Å². The van der Waals surface area contributed by atoms with E-state index in [9.17, 15) is 14.7 Å². The second-order valence-electron chi connectivity index (χ2n) is 8.05. The molecule has 2 aromatic carbocycles. The molecule has 0 aromatic heterocycles. The normalized spacial score (nSPS) is 16.2. The number of nitrogens with one attached hydrogen (secondary N) is 2. The molecule has 9 heteroatoms. The number of carbonyl (C=O) groups is 2. The smallest absolute Gasteiger partial charge is 0.404 e. The summed E-state index contributed by atoms with van der Waals surface area (Å²) in [7, 11) is 1.92. The van der Waals surface area contributed by atoms with Gasteiger partial charge in [-0.15, -0.1) is 6.42 Å². The first-order valence-corrected chi connectivity index (χ1v) is 11.0. The predicted octanol–water partition coefficient (Wildman–Crippen LogP) is 1.72. The van der Waals surface area contributed by atoms with Gasteiger partial charge in [0.05, 0.1) is 24.4 Å². The summed E-state index contributed by atoms with van der Waals surface area (Å²) < 4.78 is 6.04. The minimum absolute atomic E-state index is 0.126. The lowest BCUT2D eigenvalue weighted by Crippen LogP contribution is -2.49. The first-order valence-electron chi connectivity index (χ1n) is 11.0. The molecule has 0 saturated heterocycles. The summed E-state index contributed by atoms with van der Waals surface area (Å²) in [6.07, 6.45) is 3.07. The van der Waals surface area contributed by atoms with Crippen molar-refractivity contribution in [2.24, 2.45) is 0 Å². The molecule has 0 spiro atoms. The Labute approximate surface area is 199 Å². The zero-order chi connectivity index (χ0) is 24.7. The Balaban J connectivity index is 1.66. The Hall–Kier alpha value is -3.74. The zero-order valence-electron chi connectivity index (χ0n) is 19.3. The van der Waals surface area contributed by atoms with Crippen LogP contribution in [-0.2, 0) is 6.42 Å². The quantitative estimate of drug-likeness (QED) is 0.394. The highest BCUT2D eigenvalue weighted by Crippen LogP contribution is 2.38. The van der Waals surface area contributed by atoms with Crippen LogP contribution in [-0.4, -0.2) is 72.3 Å². The lowest BCUT2D eigenvalue weighted by molar-refractivity contribution is 0.0654. The molecule has 0 bridgehead atoms. The van der Waals surface area contributed by atoms with Crippen molar-refractivity contribution in [3.05, 3.63) is 59.7 Å². The van der Waals surface area contributed by atoms with Crippen LogP contribution in [0.5, 0.6) is 5.75 Å². The van der Waals surface area contributed by atoms with Crippen LogP contribution in [0.15, 0.2) is 48.5 Å². The average Bonchev–Trinajstić information content (AvgIpc) is 3.19.